The summed E-state index contributed by atoms with van der Waals surface area (Å²) in [7, 11) is 0. The lowest BCUT2D eigenvalue weighted by molar-refractivity contribution is 0.0240. The lowest BCUT2D eigenvalue weighted by Crippen LogP contribution is -2.50. The number of amides is 1. The molecule has 1 aliphatic rings. The molecular formula is C19H22BrClN4O2. The Morgan fingerprint density at radius 1 is 1.19 bits per heavy atom. The van der Waals surface area contributed by atoms with Crippen LogP contribution in [0.3, 0.4) is 0 Å². The summed E-state index contributed by atoms with van der Waals surface area (Å²) in [5.74, 6) is 0.759. The molecule has 27 heavy (non-hydrogen) atoms. The van der Waals surface area contributed by atoms with E-state index in [0.717, 1.165) is 17.1 Å². The molecule has 0 unspecified atom stereocenters. The first-order valence-electron chi connectivity index (χ1n) is 8.75. The zero-order chi connectivity index (χ0) is 19.6. The number of carbonyl (C=O) groups is 1. The van der Waals surface area contributed by atoms with E-state index in [-0.39, 0.29) is 6.09 Å². The molecule has 144 valence electrons. The van der Waals surface area contributed by atoms with Crippen molar-refractivity contribution in [2.75, 3.05) is 31.1 Å². The quantitative estimate of drug-likeness (QED) is 0.664. The highest BCUT2D eigenvalue weighted by Crippen LogP contribution is 2.33. The van der Waals surface area contributed by atoms with Crippen LogP contribution in [0, 0.1) is 0 Å². The summed E-state index contributed by atoms with van der Waals surface area (Å²) in [6, 6.07) is 7.58. The molecule has 8 heteroatoms. The maximum absolute atomic E-state index is 12.3. The van der Waals surface area contributed by atoms with Crippen LogP contribution in [0.15, 0.2) is 35.1 Å². The van der Waals surface area contributed by atoms with Crippen LogP contribution in [0.1, 0.15) is 20.8 Å². The van der Waals surface area contributed by atoms with E-state index >= 15 is 0 Å². The molecule has 1 aliphatic heterocycles. The third kappa shape index (κ3) is 4.90. The SMILES string of the molecule is CC(C)(C)OC(=O)N1CCN(c2ncc(Br)nc2-c2ccccc2Cl)CC1. The second-order valence-corrected chi connectivity index (χ2v) is 8.52. The number of anilines is 1. The highest BCUT2D eigenvalue weighted by molar-refractivity contribution is 9.10. The molecule has 1 fully saturated rings. The maximum Gasteiger partial charge on any atom is 0.410 e. The van der Waals surface area contributed by atoms with E-state index in [0.29, 0.717) is 35.8 Å². The molecule has 0 saturated carbocycles. The summed E-state index contributed by atoms with van der Waals surface area (Å²) >= 11 is 9.77. The molecule has 0 N–H and O–H groups in total. The van der Waals surface area contributed by atoms with Crippen LogP contribution >= 0.6 is 27.5 Å². The minimum Gasteiger partial charge on any atom is -0.444 e. The number of hydrogen-bond acceptors (Lipinski definition) is 5. The van der Waals surface area contributed by atoms with Gasteiger partial charge in [-0.15, -0.1) is 0 Å². The van der Waals surface area contributed by atoms with E-state index in [1.165, 1.54) is 0 Å². The fourth-order valence-corrected chi connectivity index (χ4v) is 3.36. The molecule has 0 aliphatic carbocycles. The standard InChI is InChI=1S/C19H22BrClN4O2/c1-19(2,3)27-18(26)25-10-8-24(9-11-25)17-16(23-15(20)12-22-17)13-6-4-5-7-14(13)21/h4-7,12H,8-11H2,1-3H3. The first kappa shape index (κ1) is 19.9. The van der Waals surface area contributed by atoms with Crippen molar-refractivity contribution in [3.05, 3.63) is 40.1 Å². The minimum atomic E-state index is -0.497. The van der Waals surface area contributed by atoms with Crippen molar-refractivity contribution in [3.63, 3.8) is 0 Å². The van der Waals surface area contributed by atoms with Gasteiger partial charge in [-0.1, -0.05) is 29.8 Å². The molecule has 0 radical (unpaired) electrons. The van der Waals surface area contributed by atoms with E-state index in [1.807, 2.05) is 45.0 Å². The van der Waals surface area contributed by atoms with Gasteiger partial charge in [0.05, 0.1) is 11.2 Å². The largest absolute Gasteiger partial charge is 0.444 e. The summed E-state index contributed by atoms with van der Waals surface area (Å²) < 4.78 is 6.11. The Bertz CT molecular complexity index is 833. The first-order chi connectivity index (χ1) is 12.7. The van der Waals surface area contributed by atoms with Crippen molar-refractivity contribution in [2.24, 2.45) is 0 Å². The average molecular weight is 454 g/mol. The molecule has 0 spiro atoms. The van der Waals surface area contributed by atoms with Crippen LogP contribution in [0.4, 0.5) is 10.6 Å². The van der Waals surface area contributed by atoms with Crippen molar-refractivity contribution in [1.82, 2.24) is 14.9 Å². The van der Waals surface area contributed by atoms with Crippen molar-refractivity contribution in [1.29, 1.82) is 0 Å². The number of carbonyl (C=O) groups excluding carboxylic acids is 1. The van der Waals surface area contributed by atoms with Gasteiger partial charge in [0.25, 0.3) is 0 Å². The zero-order valence-corrected chi connectivity index (χ0v) is 17.9. The summed E-state index contributed by atoms with van der Waals surface area (Å²) in [6.07, 6.45) is 1.39. The molecule has 2 heterocycles. The Morgan fingerprint density at radius 2 is 1.85 bits per heavy atom. The van der Waals surface area contributed by atoms with Crippen molar-refractivity contribution < 1.29 is 9.53 Å². The monoisotopic (exact) mass is 452 g/mol. The van der Waals surface area contributed by atoms with Crippen molar-refractivity contribution in [2.45, 2.75) is 26.4 Å². The van der Waals surface area contributed by atoms with Crippen LogP contribution in [0.2, 0.25) is 5.02 Å². The van der Waals surface area contributed by atoms with Gasteiger partial charge in [-0.05, 0) is 42.8 Å². The zero-order valence-electron chi connectivity index (χ0n) is 15.6. The topological polar surface area (TPSA) is 58.6 Å². The van der Waals surface area contributed by atoms with Gasteiger partial charge in [-0.25, -0.2) is 14.8 Å². The fourth-order valence-electron chi connectivity index (χ4n) is 2.85. The van der Waals surface area contributed by atoms with Gasteiger partial charge in [-0.3, -0.25) is 0 Å². The number of hydrogen-bond donors (Lipinski definition) is 0. The second kappa shape index (κ2) is 8.02. The van der Waals surface area contributed by atoms with Gasteiger partial charge < -0.3 is 14.5 Å². The maximum atomic E-state index is 12.3. The normalized spacial score (nSPS) is 15.0. The molecule has 0 bridgehead atoms. The smallest absolute Gasteiger partial charge is 0.410 e. The van der Waals surface area contributed by atoms with E-state index in [4.69, 9.17) is 16.3 Å². The van der Waals surface area contributed by atoms with E-state index < -0.39 is 5.60 Å². The molecule has 3 rings (SSSR count). The minimum absolute atomic E-state index is 0.282. The van der Waals surface area contributed by atoms with Crippen LogP contribution in [-0.4, -0.2) is 52.7 Å². The van der Waals surface area contributed by atoms with Crippen LogP contribution in [0.5, 0.6) is 0 Å². The molecular weight excluding hydrogens is 432 g/mol. The molecule has 0 atom stereocenters. The summed E-state index contributed by atoms with van der Waals surface area (Å²) in [6.45, 7) is 8.03. The number of ether oxygens (including phenoxy) is 1. The van der Waals surface area contributed by atoms with Gasteiger partial charge in [-0.2, -0.15) is 0 Å². The van der Waals surface area contributed by atoms with E-state index in [1.54, 1.807) is 11.1 Å². The van der Waals surface area contributed by atoms with Gasteiger partial charge in [0.2, 0.25) is 0 Å². The number of nitrogens with zero attached hydrogens (tertiary/aromatic N) is 4. The lowest BCUT2D eigenvalue weighted by atomic mass is 10.1. The van der Waals surface area contributed by atoms with E-state index in [2.05, 4.69) is 30.8 Å². The van der Waals surface area contributed by atoms with E-state index in [9.17, 15) is 4.79 Å². The van der Waals surface area contributed by atoms with Gasteiger partial charge in [0.1, 0.15) is 15.9 Å². The highest BCUT2D eigenvalue weighted by atomic mass is 79.9. The van der Waals surface area contributed by atoms with Gasteiger partial charge in [0.15, 0.2) is 5.82 Å². The molecule has 2 aromatic rings. The Balaban J connectivity index is 1.79. The Hall–Kier alpha value is -1.86. The van der Waals surface area contributed by atoms with Gasteiger partial charge in [0, 0.05) is 31.7 Å². The lowest BCUT2D eigenvalue weighted by Gasteiger charge is -2.36. The van der Waals surface area contributed by atoms with Crippen LogP contribution in [0.25, 0.3) is 11.3 Å². The third-order valence-corrected chi connectivity index (χ3v) is 4.80. The molecule has 1 aromatic heterocycles. The summed E-state index contributed by atoms with van der Waals surface area (Å²) in [4.78, 5) is 25.3. The first-order valence-corrected chi connectivity index (χ1v) is 9.92. The van der Waals surface area contributed by atoms with Crippen LogP contribution < -0.4 is 4.90 Å². The Labute approximate surface area is 172 Å². The summed E-state index contributed by atoms with van der Waals surface area (Å²) in [5, 5.41) is 0.624. The molecule has 1 saturated heterocycles. The molecule has 6 nitrogen and oxygen atoms in total. The Kier molecular flexibility index (Phi) is 5.91. The molecule has 1 amide bonds. The third-order valence-electron chi connectivity index (χ3n) is 4.08. The van der Waals surface area contributed by atoms with Gasteiger partial charge >= 0.3 is 6.09 Å². The van der Waals surface area contributed by atoms with Crippen molar-refractivity contribution >= 4 is 39.4 Å². The number of piperazine rings is 1. The fraction of sp³-hybridized carbons (Fsp3) is 0.421. The second-order valence-electron chi connectivity index (χ2n) is 7.30. The Morgan fingerprint density at radius 3 is 2.48 bits per heavy atom. The highest BCUT2D eigenvalue weighted by Gasteiger charge is 2.28. The predicted octanol–water partition coefficient (Wildman–Crippen LogP) is 4.62. The number of halogens is 2. The molecule has 1 aromatic carbocycles. The summed E-state index contributed by atoms with van der Waals surface area (Å²) in [5.41, 5.74) is 1.06. The predicted molar refractivity (Wildman–Crippen MR) is 110 cm³/mol. The van der Waals surface area contributed by atoms with Crippen LogP contribution in [-0.2, 0) is 4.74 Å². The number of benzene rings is 1. The van der Waals surface area contributed by atoms with Crippen molar-refractivity contribution in [3.8, 4) is 11.3 Å². The number of rotatable bonds is 2. The number of aromatic nitrogens is 2. The average Bonchev–Trinajstić information content (AvgIpc) is 2.61.